The molecule has 1 amide bonds. The third-order valence-corrected chi connectivity index (χ3v) is 5.49. The quantitative estimate of drug-likeness (QED) is 0.860. The molecule has 0 saturated carbocycles. The van der Waals surface area contributed by atoms with Gasteiger partial charge in [-0.15, -0.1) is 11.3 Å². The van der Waals surface area contributed by atoms with E-state index in [1.165, 1.54) is 4.88 Å². The van der Waals surface area contributed by atoms with E-state index in [4.69, 9.17) is 4.74 Å². The summed E-state index contributed by atoms with van der Waals surface area (Å²) in [5, 5.41) is 2.10. The molecule has 2 aliphatic heterocycles. The Hall–Kier alpha value is -0.910. The molecule has 1 aromatic rings. The van der Waals surface area contributed by atoms with Crippen LogP contribution in [0.3, 0.4) is 0 Å². The van der Waals surface area contributed by atoms with E-state index >= 15 is 0 Å². The average molecular weight is 308 g/mol. The number of ether oxygens (including phenoxy) is 1. The van der Waals surface area contributed by atoms with Gasteiger partial charge < -0.3 is 9.64 Å². The Kier molecular flexibility index (Phi) is 4.62. The first-order valence-corrected chi connectivity index (χ1v) is 8.71. The predicted octanol–water partition coefficient (Wildman–Crippen LogP) is 2.52. The summed E-state index contributed by atoms with van der Waals surface area (Å²) in [5.41, 5.74) is 0. The molecule has 5 heteroatoms. The third kappa shape index (κ3) is 3.30. The van der Waals surface area contributed by atoms with Gasteiger partial charge in [0.1, 0.15) is 0 Å². The molecule has 3 heterocycles. The summed E-state index contributed by atoms with van der Waals surface area (Å²) in [6.45, 7) is 7.22. The Morgan fingerprint density at radius 2 is 2.33 bits per heavy atom. The lowest BCUT2D eigenvalue weighted by atomic mass is 10.1. The second-order valence-electron chi connectivity index (χ2n) is 6.18. The summed E-state index contributed by atoms with van der Waals surface area (Å²) in [6.07, 6.45) is 2.44. The first-order valence-electron chi connectivity index (χ1n) is 7.83. The lowest BCUT2D eigenvalue weighted by Crippen LogP contribution is -2.51. The highest BCUT2D eigenvalue weighted by Gasteiger charge is 2.33. The smallest absolute Gasteiger partial charge is 0.237 e. The normalized spacial score (nSPS) is 30.8. The van der Waals surface area contributed by atoms with E-state index in [-0.39, 0.29) is 12.0 Å². The van der Waals surface area contributed by atoms with Gasteiger partial charge in [-0.2, -0.15) is 0 Å². The van der Waals surface area contributed by atoms with Gasteiger partial charge in [-0.25, -0.2) is 0 Å². The van der Waals surface area contributed by atoms with Crippen molar-refractivity contribution in [3.8, 4) is 0 Å². The number of amides is 1. The van der Waals surface area contributed by atoms with Crippen LogP contribution in [0.1, 0.15) is 37.6 Å². The van der Waals surface area contributed by atoms with Crippen LogP contribution in [-0.4, -0.2) is 54.1 Å². The van der Waals surface area contributed by atoms with Crippen molar-refractivity contribution in [2.24, 2.45) is 0 Å². The van der Waals surface area contributed by atoms with Crippen molar-refractivity contribution in [1.82, 2.24) is 9.80 Å². The van der Waals surface area contributed by atoms with Crippen LogP contribution in [0, 0.1) is 0 Å². The Bertz CT molecular complexity index is 477. The number of rotatable bonds is 3. The summed E-state index contributed by atoms with van der Waals surface area (Å²) in [6, 6.07) is 4.85. The summed E-state index contributed by atoms with van der Waals surface area (Å²) in [5.74, 6) is 0.270. The maximum absolute atomic E-state index is 12.7. The lowest BCUT2D eigenvalue weighted by Gasteiger charge is -2.37. The van der Waals surface area contributed by atoms with E-state index in [9.17, 15) is 4.79 Å². The fourth-order valence-corrected chi connectivity index (χ4v) is 4.17. The average Bonchev–Trinajstić information content (AvgIpc) is 3.12. The fraction of sp³-hybridized carbons (Fsp3) is 0.688. The molecule has 1 aromatic heterocycles. The molecule has 4 nitrogen and oxygen atoms in total. The SMILES string of the molecule is C[C@@H]1CN(CC(=O)N2CCC[C@H]2c2cccs2)[C@H](C)CO1. The molecule has 21 heavy (non-hydrogen) atoms. The molecule has 0 spiro atoms. The number of carbonyl (C=O) groups excluding carboxylic acids is 1. The zero-order chi connectivity index (χ0) is 14.8. The number of morpholine rings is 1. The van der Waals surface area contributed by atoms with Gasteiger partial charge in [-0.3, -0.25) is 9.69 Å². The van der Waals surface area contributed by atoms with Gasteiger partial charge in [-0.05, 0) is 38.1 Å². The Balaban J connectivity index is 1.64. The molecule has 0 aliphatic carbocycles. The largest absolute Gasteiger partial charge is 0.376 e. The first kappa shape index (κ1) is 15.0. The van der Waals surface area contributed by atoms with Crippen molar-refractivity contribution >= 4 is 17.2 Å². The Labute approximate surface area is 130 Å². The molecule has 3 rings (SSSR count). The minimum Gasteiger partial charge on any atom is -0.376 e. The van der Waals surface area contributed by atoms with Crippen LogP contribution in [0.5, 0.6) is 0 Å². The Morgan fingerprint density at radius 3 is 3.10 bits per heavy atom. The van der Waals surface area contributed by atoms with E-state index in [0.717, 1.165) is 32.5 Å². The molecule has 116 valence electrons. The molecule has 0 bridgehead atoms. The van der Waals surface area contributed by atoms with Crippen molar-refractivity contribution in [2.45, 2.75) is 44.9 Å². The minimum atomic E-state index is 0.223. The van der Waals surface area contributed by atoms with Crippen LogP contribution in [0.15, 0.2) is 17.5 Å². The highest BCUT2D eigenvalue weighted by Crippen LogP contribution is 2.34. The zero-order valence-corrected chi connectivity index (χ0v) is 13.6. The summed E-state index contributed by atoms with van der Waals surface area (Å²) < 4.78 is 5.64. The second kappa shape index (κ2) is 6.46. The third-order valence-electron chi connectivity index (χ3n) is 4.52. The first-order chi connectivity index (χ1) is 10.1. The van der Waals surface area contributed by atoms with Crippen molar-refractivity contribution in [2.75, 3.05) is 26.2 Å². The Morgan fingerprint density at radius 1 is 1.48 bits per heavy atom. The fourth-order valence-electron chi connectivity index (χ4n) is 3.30. The van der Waals surface area contributed by atoms with Crippen LogP contribution in [-0.2, 0) is 9.53 Å². The zero-order valence-electron chi connectivity index (χ0n) is 12.8. The maximum atomic E-state index is 12.7. The van der Waals surface area contributed by atoms with Crippen molar-refractivity contribution in [3.05, 3.63) is 22.4 Å². The van der Waals surface area contributed by atoms with Gasteiger partial charge in [0.2, 0.25) is 5.91 Å². The molecule has 0 radical (unpaired) electrons. The summed E-state index contributed by atoms with van der Waals surface area (Å²) in [7, 11) is 0. The summed E-state index contributed by atoms with van der Waals surface area (Å²) >= 11 is 1.76. The topological polar surface area (TPSA) is 32.8 Å². The number of hydrogen-bond acceptors (Lipinski definition) is 4. The number of nitrogens with zero attached hydrogens (tertiary/aromatic N) is 2. The highest BCUT2D eigenvalue weighted by atomic mass is 32.1. The molecule has 2 aliphatic rings. The summed E-state index contributed by atoms with van der Waals surface area (Å²) in [4.78, 5) is 18.4. The number of likely N-dealkylation sites (tertiary alicyclic amines) is 1. The van der Waals surface area contributed by atoms with Crippen LogP contribution >= 0.6 is 11.3 Å². The number of thiophene rings is 1. The predicted molar refractivity (Wildman–Crippen MR) is 84.5 cm³/mol. The molecule has 3 atom stereocenters. The molecule has 2 fully saturated rings. The van der Waals surface area contributed by atoms with Gasteiger partial charge in [0.15, 0.2) is 0 Å². The van der Waals surface area contributed by atoms with Crippen molar-refractivity contribution in [1.29, 1.82) is 0 Å². The second-order valence-corrected chi connectivity index (χ2v) is 7.16. The van der Waals surface area contributed by atoms with Gasteiger partial charge in [0.05, 0.1) is 25.3 Å². The van der Waals surface area contributed by atoms with E-state index in [1.807, 2.05) is 0 Å². The van der Waals surface area contributed by atoms with Crippen LogP contribution in [0.2, 0.25) is 0 Å². The lowest BCUT2D eigenvalue weighted by molar-refractivity contribution is -0.136. The van der Waals surface area contributed by atoms with E-state index in [0.29, 0.717) is 18.6 Å². The molecule has 0 aromatic carbocycles. The van der Waals surface area contributed by atoms with Gasteiger partial charge >= 0.3 is 0 Å². The van der Waals surface area contributed by atoms with Crippen LogP contribution in [0.25, 0.3) is 0 Å². The molecular formula is C16H24N2O2S. The number of carbonyl (C=O) groups is 1. The van der Waals surface area contributed by atoms with E-state index in [1.54, 1.807) is 11.3 Å². The minimum absolute atomic E-state index is 0.223. The standard InChI is InChI=1S/C16H24N2O2S/c1-12-11-20-13(2)9-17(12)10-16(19)18-7-3-5-14(18)15-6-4-8-21-15/h4,6,8,12-14H,3,5,7,9-11H2,1-2H3/t12-,13-,14+/m1/s1. The highest BCUT2D eigenvalue weighted by molar-refractivity contribution is 7.10. The molecule has 2 saturated heterocycles. The van der Waals surface area contributed by atoms with E-state index < -0.39 is 0 Å². The van der Waals surface area contributed by atoms with Gasteiger partial charge in [0, 0.05) is 24.0 Å². The number of hydrogen-bond donors (Lipinski definition) is 0. The molecule has 0 N–H and O–H groups in total. The van der Waals surface area contributed by atoms with E-state index in [2.05, 4.69) is 41.2 Å². The van der Waals surface area contributed by atoms with Gasteiger partial charge in [0.25, 0.3) is 0 Å². The van der Waals surface area contributed by atoms with Crippen LogP contribution < -0.4 is 0 Å². The van der Waals surface area contributed by atoms with Crippen molar-refractivity contribution in [3.63, 3.8) is 0 Å². The van der Waals surface area contributed by atoms with Crippen molar-refractivity contribution < 1.29 is 9.53 Å². The van der Waals surface area contributed by atoms with Gasteiger partial charge in [-0.1, -0.05) is 6.07 Å². The molecular weight excluding hydrogens is 284 g/mol. The maximum Gasteiger partial charge on any atom is 0.237 e. The molecule has 0 unspecified atom stereocenters. The van der Waals surface area contributed by atoms with Crippen LogP contribution in [0.4, 0.5) is 0 Å². The monoisotopic (exact) mass is 308 g/mol.